The molecule has 0 amide bonds. The first-order valence-corrected chi connectivity index (χ1v) is 7.90. The van der Waals surface area contributed by atoms with E-state index in [9.17, 15) is 0 Å². The van der Waals surface area contributed by atoms with Crippen LogP contribution in [0.25, 0.3) is 0 Å². The van der Waals surface area contributed by atoms with E-state index in [1.165, 1.54) is 11.3 Å². The van der Waals surface area contributed by atoms with Crippen LogP contribution >= 0.6 is 15.9 Å². The molecule has 0 radical (unpaired) electrons. The standard InChI is InChI=1S/C16H19BrN4/c1-12-3-2-4-14(9-12)20-5-7-21(8-6-20)16-15(17)10-13(18)11-19-16/h2-4,9-11H,5-8,18H2,1H3. The van der Waals surface area contributed by atoms with Crippen molar-refractivity contribution in [1.29, 1.82) is 0 Å². The second kappa shape index (κ2) is 5.93. The molecular formula is C16H19BrN4. The zero-order chi connectivity index (χ0) is 14.8. The van der Waals surface area contributed by atoms with Gasteiger partial charge >= 0.3 is 0 Å². The van der Waals surface area contributed by atoms with Gasteiger partial charge in [-0.1, -0.05) is 12.1 Å². The molecule has 1 aromatic carbocycles. The number of aromatic nitrogens is 1. The van der Waals surface area contributed by atoms with Crippen molar-refractivity contribution >= 4 is 33.1 Å². The highest BCUT2D eigenvalue weighted by Crippen LogP contribution is 2.27. The van der Waals surface area contributed by atoms with E-state index in [-0.39, 0.29) is 0 Å². The van der Waals surface area contributed by atoms with Crippen LogP contribution in [-0.2, 0) is 0 Å². The van der Waals surface area contributed by atoms with E-state index in [1.807, 2.05) is 6.07 Å². The molecule has 2 aromatic rings. The van der Waals surface area contributed by atoms with Gasteiger partial charge in [-0.15, -0.1) is 0 Å². The quantitative estimate of drug-likeness (QED) is 0.907. The molecule has 5 heteroatoms. The Balaban J connectivity index is 1.70. The molecule has 21 heavy (non-hydrogen) atoms. The number of benzene rings is 1. The minimum absolute atomic E-state index is 0.684. The van der Waals surface area contributed by atoms with Crippen LogP contribution in [0.15, 0.2) is 41.0 Å². The highest BCUT2D eigenvalue weighted by Gasteiger charge is 2.20. The van der Waals surface area contributed by atoms with E-state index in [2.05, 4.69) is 61.9 Å². The summed E-state index contributed by atoms with van der Waals surface area (Å²) in [6, 6.07) is 10.6. The summed E-state index contributed by atoms with van der Waals surface area (Å²) in [7, 11) is 0. The highest BCUT2D eigenvalue weighted by molar-refractivity contribution is 9.10. The summed E-state index contributed by atoms with van der Waals surface area (Å²) in [5, 5.41) is 0. The van der Waals surface area contributed by atoms with E-state index in [0.29, 0.717) is 5.69 Å². The first-order valence-electron chi connectivity index (χ1n) is 7.11. The van der Waals surface area contributed by atoms with E-state index >= 15 is 0 Å². The molecule has 1 aliphatic rings. The van der Waals surface area contributed by atoms with Crippen LogP contribution in [0.5, 0.6) is 0 Å². The zero-order valence-electron chi connectivity index (χ0n) is 12.1. The molecule has 0 aliphatic carbocycles. The Hall–Kier alpha value is -1.75. The third-order valence-corrected chi connectivity index (χ3v) is 4.37. The van der Waals surface area contributed by atoms with Crippen LogP contribution in [0.3, 0.4) is 0 Å². The van der Waals surface area contributed by atoms with Gasteiger partial charge in [0.15, 0.2) is 0 Å². The van der Waals surface area contributed by atoms with Crippen molar-refractivity contribution in [3.63, 3.8) is 0 Å². The molecule has 0 saturated carbocycles. The Morgan fingerprint density at radius 2 is 1.81 bits per heavy atom. The second-order valence-corrected chi connectivity index (χ2v) is 6.24. The Kier molecular flexibility index (Phi) is 4.01. The number of pyridine rings is 1. The number of hydrogen-bond donors (Lipinski definition) is 1. The summed E-state index contributed by atoms with van der Waals surface area (Å²) in [5.74, 6) is 0.980. The Bertz CT molecular complexity index is 636. The van der Waals surface area contributed by atoms with Gasteiger partial charge in [-0.2, -0.15) is 0 Å². The van der Waals surface area contributed by atoms with Crippen molar-refractivity contribution in [2.24, 2.45) is 0 Å². The average Bonchev–Trinajstić information content (AvgIpc) is 2.47. The summed E-state index contributed by atoms with van der Waals surface area (Å²) >= 11 is 3.55. The van der Waals surface area contributed by atoms with Gasteiger partial charge < -0.3 is 15.5 Å². The minimum atomic E-state index is 0.684. The summed E-state index contributed by atoms with van der Waals surface area (Å²) in [6.45, 7) is 6.06. The summed E-state index contributed by atoms with van der Waals surface area (Å²) < 4.78 is 0.964. The smallest absolute Gasteiger partial charge is 0.143 e. The summed E-state index contributed by atoms with van der Waals surface area (Å²) in [5.41, 5.74) is 9.04. The Labute approximate surface area is 133 Å². The third kappa shape index (κ3) is 3.13. The van der Waals surface area contributed by atoms with Gasteiger partial charge in [0.1, 0.15) is 5.82 Å². The molecule has 1 aromatic heterocycles. The largest absolute Gasteiger partial charge is 0.397 e. The van der Waals surface area contributed by atoms with Crippen molar-refractivity contribution in [2.75, 3.05) is 41.7 Å². The van der Waals surface area contributed by atoms with Crippen molar-refractivity contribution in [2.45, 2.75) is 6.92 Å². The molecule has 2 N–H and O–H groups in total. The summed E-state index contributed by atoms with van der Waals surface area (Å²) in [4.78, 5) is 9.18. The van der Waals surface area contributed by atoms with Gasteiger partial charge in [0.05, 0.1) is 16.4 Å². The maximum Gasteiger partial charge on any atom is 0.143 e. The van der Waals surface area contributed by atoms with Gasteiger partial charge in [-0.25, -0.2) is 4.98 Å². The van der Waals surface area contributed by atoms with Crippen LogP contribution in [0, 0.1) is 6.92 Å². The number of nitrogen functional groups attached to an aromatic ring is 1. The average molecular weight is 347 g/mol. The Morgan fingerprint density at radius 1 is 1.10 bits per heavy atom. The van der Waals surface area contributed by atoms with Gasteiger partial charge in [0, 0.05) is 31.9 Å². The minimum Gasteiger partial charge on any atom is -0.397 e. The topological polar surface area (TPSA) is 45.4 Å². The molecule has 1 saturated heterocycles. The first kappa shape index (κ1) is 14.2. The fraction of sp³-hybridized carbons (Fsp3) is 0.312. The molecule has 2 heterocycles. The maximum atomic E-state index is 5.75. The van der Waals surface area contributed by atoms with Crippen LogP contribution in [-0.4, -0.2) is 31.2 Å². The van der Waals surface area contributed by atoms with Crippen LogP contribution < -0.4 is 15.5 Å². The molecule has 1 fully saturated rings. The number of aryl methyl sites for hydroxylation is 1. The molecular weight excluding hydrogens is 328 g/mol. The van der Waals surface area contributed by atoms with Crippen molar-refractivity contribution in [3.8, 4) is 0 Å². The second-order valence-electron chi connectivity index (χ2n) is 5.39. The molecule has 0 unspecified atom stereocenters. The van der Waals surface area contributed by atoms with E-state index < -0.39 is 0 Å². The number of nitrogens with zero attached hydrogens (tertiary/aromatic N) is 3. The SMILES string of the molecule is Cc1cccc(N2CCN(c3ncc(N)cc3Br)CC2)c1. The predicted octanol–water partition coefficient (Wildman–Crippen LogP) is 3.06. The van der Waals surface area contributed by atoms with Crippen LogP contribution in [0.2, 0.25) is 0 Å². The molecule has 0 atom stereocenters. The number of anilines is 3. The third-order valence-electron chi connectivity index (χ3n) is 3.79. The monoisotopic (exact) mass is 346 g/mol. The van der Waals surface area contributed by atoms with Gasteiger partial charge in [-0.05, 0) is 46.6 Å². The zero-order valence-corrected chi connectivity index (χ0v) is 13.7. The molecule has 3 rings (SSSR count). The lowest BCUT2D eigenvalue weighted by atomic mass is 10.2. The number of halogens is 1. The molecule has 110 valence electrons. The van der Waals surface area contributed by atoms with Crippen molar-refractivity contribution in [1.82, 2.24) is 4.98 Å². The van der Waals surface area contributed by atoms with Gasteiger partial charge in [0.25, 0.3) is 0 Å². The first-order chi connectivity index (χ1) is 10.1. The van der Waals surface area contributed by atoms with E-state index in [4.69, 9.17) is 5.73 Å². The number of nitrogens with two attached hydrogens (primary N) is 1. The Morgan fingerprint density at radius 3 is 2.48 bits per heavy atom. The van der Waals surface area contributed by atoms with E-state index in [0.717, 1.165) is 36.5 Å². The lowest BCUT2D eigenvalue weighted by Crippen LogP contribution is -2.47. The number of hydrogen-bond acceptors (Lipinski definition) is 4. The van der Waals surface area contributed by atoms with E-state index in [1.54, 1.807) is 6.20 Å². The fourth-order valence-corrected chi connectivity index (χ4v) is 3.30. The molecule has 0 bridgehead atoms. The molecule has 4 nitrogen and oxygen atoms in total. The molecule has 0 spiro atoms. The predicted molar refractivity (Wildman–Crippen MR) is 92.0 cm³/mol. The maximum absolute atomic E-state index is 5.75. The summed E-state index contributed by atoms with van der Waals surface area (Å²) in [6.07, 6.45) is 1.72. The number of rotatable bonds is 2. The molecule has 1 aliphatic heterocycles. The number of piperazine rings is 1. The van der Waals surface area contributed by atoms with Crippen LogP contribution in [0.4, 0.5) is 17.2 Å². The van der Waals surface area contributed by atoms with Crippen molar-refractivity contribution < 1.29 is 0 Å². The lowest BCUT2D eigenvalue weighted by Gasteiger charge is -2.37. The normalized spacial score (nSPS) is 15.3. The fourth-order valence-electron chi connectivity index (χ4n) is 2.68. The highest BCUT2D eigenvalue weighted by atomic mass is 79.9. The lowest BCUT2D eigenvalue weighted by molar-refractivity contribution is 0.646. The van der Waals surface area contributed by atoms with Crippen LogP contribution in [0.1, 0.15) is 5.56 Å². The van der Waals surface area contributed by atoms with Gasteiger partial charge in [0.2, 0.25) is 0 Å². The van der Waals surface area contributed by atoms with Crippen molar-refractivity contribution in [3.05, 3.63) is 46.6 Å². The van der Waals surface area contributed by atoms with Gasteiger partial charge in [-0.3, -0.25) is 0 Å².